The summed E-state index contributed by atoms with van der Waals surface area (Å²) in [5, 5.41) is 10.1. The van der Waals surface area contributed by atoms with Gasteiger partial charge in [-0.2, -0.15) is 0 Å². The molecule has 2 aromatic carbocycles. The zero-order chi connectivity index (χ0) is 23.0. The molecule has 0 heterocycles. The molecular weight excluding hydrogens is 398 g/mol. The predicted octanol–water partition coefficient (Wildman–Crippen LogP) is 2.50. The molecule has 0 aliphatic carbocycles. The van der Waals surface area contributed by atoms with E-state index in [2.05, 4.69) is 16.0 Å². The quantitative estimate of drug-likeness (QED) is 0.598. The van der Waals surface area contributed by atoms with Gasteiger partial charge < -0.3 is 25.4 Å². The van der Waals surface area contributed by atoms with E-state index in [1.807, 2.05) is 42.5 Å². The smallest absolute Gasteiger partial charge is 0.408 e. The molecule has 31 heavy (non-hydrogen) atoms. The average Bonchev–Trinajstić information content (AvgIpc) is 2.70. The molecule has 0 aliphatic rings. The van der Waals surface area contributed by atoms with Crippen molar-refractivity contribution in [3.05, 3.63) is 48.0 Å². The van der Waals surface area contributed by atoms with Gasteiger partial charge in [-0.25, -0.2) is 4.79 Å². The second kappa shape index (κ2) is 10.8. The summed E-state index contributed by atoms with van der Waals surface area (Å²) >= 11 is 0. The summed E-state index contributed by atoms with van der Waals surface area (Å²) in [5.41, 5.74) is 0.279. The molecule has 0 aliphatic heterocycles. The Balaban J connectivity index is 1.93. The number of nitrogens with one attached hydrogen (secondary N) is 3. The highest BCUT2D eigenvalue weighted by Crippen LogP contribution is 2.18. The van der Waals surface area contributed by atoms with Crippen molar-refractivity contribution in [2.24, 2.45) is 0 Å². The zero-order valence-electron chi connectivity index (χ0n) is 18.7. The van der Waals surface area contributed by atoms with E-state index in [-0.39, 0.29) is 12.5 Å². The lowest BCUT2D eigenvalue weighted by Gasteiger charge is -2.24. The van der Waals surface area contributed by atoms with E-state index in [0.717, 1.165) is 16.3 Å². The Morgan fingerprint density at radius 3 is 2.32 bits per heavy atom. The van der Waals surface area contributed by atoms with Crippen LogP contribution in [0.1, 0.15) is 33.3 Å². The molecule has 0 saturated heterocycles. The molecule has 2 atom stereocenters. The number of carbonyl (C=O) groups is 3. The standard InChI is InChI=1S/C23H31N3O5/c1-15(25-21(28)19(14-30-5)26-22(29)31-23(2,3)4)20(27)24-13-17-11-8-10-16-9-6-7-12-18(16)17/h6-12,15,19H,13-14H2,1-5H3,(H,24,27)(H,25,28)(H,26,29)/t15-,19-/m0/s1. The summed E-state index contributed by atoms with van der Waals surface area (Å²) in [6, 6.07) is 12.0. The average molecular weight is 430 g/mol. The van der Waals surface area contributed by atoms with Gasteiger partial charge in [0.1, 0.15) is 17.7 Å². The Morgan fingerprint density at radius 1 is 0.968 bits per heavy atom. The Bertz CT molecular complexity index is 918. The van der Waals surface area contributed by atoms with Crippen molar-refractivity contribution < 1.29 is 23.9 Å². The third-order valence-electron chi connectivity index (χ3n) is 4.43. The molecule has 168 valence electrons. The second-order valence-electron chi connectivity index (χ2n) is 8.24. The van der Waals surface area contributed by atoms with Gasteiger partial charge in [0.2, 0.25) is 11.8 Å². The van der Waals surface area contributed by atoms with Crippen molar-refractivity contribution in [2.75, 3.05) is 13.7 Å². The highest BCUT2D eigenvalue weighted by atomic mass is 16.6. The molecule has 2 aromatic rings. The fourth-order valence-corrected chi connectivity index (χ4v) is 2.96. The van der Waals surface area contributed by atoms with E-state index in [4.69, 9.17) is 9.47 Å². The number of fused-ring (bicyclic) bond motifs is 1. The lowest BCUT2D eigenvalue weighted by atomic mass is 10.0. The normalized spacial score (nSPS) is 13.2. The molecule has 2 rings (SSSR count). The van der Waals surface area contributed by atoms with E-state index in [1.165, 1.54) is 7.11 Å². The number of ether oxygens (including phenoxy) is 2. The van der Waals surface area contributed by atoms with E-state index in [0.29, 0.717) is 6.54 Å². The Labute approximate surface area is 182 Å². The molecule has 0 radical (unpaired) electrons. The van der Waals surface area contributed by atoms with Crippen molar-refractivity contribution in [1.82, 2.24) is 16.0 Å². The first-order chi connectivity index (χ1) is 14.6. The van der Waals surface area contributed by atoms with Crippen molar-refractivity contribution in [2.45, 2.75) is 51.9 Å². The summed E-state index contributed by atoms with van der Waals surface area (Å²) in [4.78, 5) is 37.1. The van der Waals surface area contributed by atoms with Crippen LogP contribution in [0.15, 0.2) is 42.5 Å². The zero-order valence-corrected chi connectivity index (χ0v) is 18.7. The largest absolute Gasteiger partial charge is 0.444 e. The van der Waals surface area contributed by atoms with Gasteiger partial charge in [-0.05, 0) is 44.0 Å². The summed E-state index contributed by atoms with van der Waals surface area (Å²) in [5.74, 6) is -0.879. The van der Waals surface area contributed by atoms with Gasteiger partial charge in [-0.1, -0.05) is 42.5 Å². The second-order valence-corrected chi connectivity index (χ2v) is 8.24. The lowest BCUT2D eigenvalue weighted by molar-refractivity contribution is -0.130. The van der Waals surface area contributed by atoms with E-state index in [1.54, 1.807) is 27.7 Å². The highest BCUT2D eigenvalue weighted by Gasteiger charge is 2.26. The topological polar surface area (TPSA) is 106 Å². The Hall–Kier alpha value is -3.13. The minimum Gasteiger partial charge on any atom is -0.444 e. The summed E-state index contributed by atoms with van der Waals surface area (Å²) in [7, 11) is 1.41. The fraction of sp³-hybridized carbons (Fsp3) is 0.435. The predicted molar refractivity (Wildman–Crippen MR) is 118 cm³/mol. The minimum absolute atomic E-state index is 0.0601. The van der Waals surface area contributed by atoms with E-state index < -0.39 is 29.7 Å². The maximum absolute atomic E-state index is 12.6. The van der Waals surface area contributed by atoms with Crippen LogP contribution in [0.5, 0.6) is 0 Å². The molecular formula is C23H31N3O5. The first-order valence-electron chi connectivity index (χ1n) is 10.1. The van der Waals surface area contributed by atoms with Crippen molar-refractivity contribution in [3.63, 3.8) is 0 Å². The van der Waals surface area contributed by atoms with Gasteiger partial charge in [0.25, 0.3) is 0 Å². The highest BCUT2D eigenvalue weighted by molar-refractivity contribution is 5.91. The molecule has 3 N–H and O–H groups in total. The molecule has 0 fully saturated rings. The molecule has 3 amide bonds. The molecule has 0 saturated carbocycles. The van der Waals surface area contributed by atoms with Gasteiger partial charge in [0.05, 0.1) is 6.61 Å². The summed E-state index contributed by atoms with van der Waals surface area (Å²) in [6.07, 6.45) is -0.738. The van der Waals surface area contributed by atoms with Crippen LogP contribution in [0.3, 0.4) is 0 Å². The van der Waals surface area contributed by atoms with E-state index in [9.17, 15) is 14.4 Å². The number of carbonyl (C=O) groups excluding carboxylic acids is 3. The first kappa shape index (κ1) is 24.1. The van der Waals surface area contributed by atoms with E-state index >= 15 is 0 Å². The third kappa shape index (κ3) is 7.57. The van der Waals surface area contributed by atoms with Crippen molar-refractivity contribution in [3.8, 4) is 0 Å². The number of hydrogen-bond donors (Lipinski definition) is 3. The van der Waals surface area contributed by atoms with Crippen LogP contribution in [-0.4, -0.2) is 49.3 Å². The van der Waals surface area contributed by atoms with Crippen LogP contribution in [0.4, 0.5) is 4.79 Å². The maximum Gasteiger partial charge on any atom is 0.408 e. The summed E-state index contributed by atoms with van der Waals surface area (Å²) in [6.45, 7) is 7.02. The van der Waals surface area contributed by atoms with Crippen LogP contribution in [0, 0.1) is 0 Å². The van der Waals surface area contributed by atoms with Gasteiger partial charge in [0, 0.05) is 13.7 Å². The van der Waals surface area contributed by atoms with Crippen molar-refractivity contribution in [1.29, 1.82) is 0 Å². The molecule has 8 heteroatoms. The lowest BCUT2D eigenvalue weighted by Crippen LogP contribution is -2.54. The number of benzene rings is 2. The molecule has 0 unspecified atom stereocenters. The monoisotopic (exact) mass is 429 g/mol. The van der Waals surface area contributed by atoms with Gasteiger partial charge >= 0.3 is 6.09 Å². The van der Waals surface area contributed by atoms with Crippen LogP contribution < -0.4 is 16.0 Å². The van der Waals surface area contributed by atoms with Crippen LogP contribution >= 0.6 is 0 Å². The van der Waals surface area contributed by atoms with Crippen LogP contribution in [0.2, 0.25) is 0 Å². The third-order valence-corrected chi connectivity index (χ3v) is 4.43. The van der Waals surface area contributed by atoms with Crippen LogP contribution in [0.25, 0.3) is 10.8 Å². The fourth-order valence-electron chi connectivity index (χ4n) is 2.96. The Kier molecular flexibility index (Phi) is 8.38. The molecule has 8 nitrogen and oxygen atoms in total. The van der Waals surface area contributed by atoms with Gasteiger partial charge in [0.15, 0.2) is 0 Å². The number of methoxy groups -OCH3 is 1. The number of amides is 3. The number of rotatable bonds is 8. The van der Waals surface area contributed by atoms with Gasteiger partial charge in [-0.3, -0.25) is 9.59 Å². The Morgan fingerprint density at radius 2 is 1.65 bits per heavy atom. The molecule has 0 bridgehead atoms. The van der Waals surface area contributed by atoms with Gasteiger partial charge in [-0.15, -0.1) is 0 Å². The van der Waals surface area contributed by atoms with Crippen molar-refractivity contribution >= 4 is 28.7 Å². The number of hydrogen-bond acceptors (Lipinski definition) is 5. The first-order valence-corrected chi connectivity index (χ1v) is 10.1. The molecule has 0 aromatic heterocycles. The summed E-state index contributed by atoms with van der Waals surface area (Å²) < 4.78 is 10.2. The SMILES string of the molecule is COC[C@H](NC(=O)OC(C)(C)C)C(=O)N[C@@H](C)C(=O)NCc1cccc2ccccc12. The molecule has 0 spiro atoms. The maximum atomic E-state index is 12.6. The minimum atomic E-state index is -0.992. The van der Waals surface area contributed by atoms with Crippen LogP contribution in [-0.2, 0) is 25.6 Å². The number of alkyl carbamates (subject to hydrolysis) is 1.